The Morgan fingerprint density at radius 3 is 2.50 bits per heavy atom. The Morgan fingerprint density at radius 2 is 1.79 bits per heavy atom. The number of thiophene rings is 1. The molecule has 1 amide bonds. The Bertz CT molecular complexity index is 1140. The number of hydrogen-bond donors (Lipinski definition) is 0. The van der Waals surface area contributed by atoms with Crippen LogP contribution in [0, 0.1) is 6.92 Å². The second-order valence-electron chi connectivity index (χ2n) is 7.17. The van der Waals surface area contributed by atoms with Crippen molar-refractivity contribution in [2.45, 2.75) is 33.6 Å². The normalized spacial score (nSPS) is 11.2. The molecule has 0 aliphatic carbocycles. The maximum atomic E-state index is 13.3. The molecule has 2 aromatic heterocycles. The Morgan fingerprint density at radius 1 is 1.00 bits per heavy atom. The van der Waals surface area contributed by atoms with E-state index in [4.69, 9.17) is 4.98 Å². The number of benzene rings is 2. The minimum Gasteiger partial charge on any atom is -0.308 e. The van der Waals surface area contributed by atoms with Gasteiger partial charge in [-0.05, 0) is 61.2 Å². The molecule has 0 spiro atoms. The van der Waals surface area contributed by atoms with Gasteiger partial charge >= 0.3 is 0 Å². The van der Waals surface area contributed by atoms with Crippen LogP contribution in [0.5, 0.6) is 0 Å². The largest absolute Gasteiger partial charge is 0.308 e. The number of fused-ring (bicyclic) bond motifs is 2. The fourth-order valence-corrected chi connectivity index (χ4v) is 4.43. The summed E-state index contributed by atoms with van der Waals surface area (Å²) in [6.45, 7) is 7.01. The van der Waals surface area contributed by atoms with E-state index in [1.165, 1.54) is 22.5 Å². The van der Waals surface area contributed by atoms with Crippen molar-refractivity contribution < 1.29 is 4.79 Å². The predicted octanol–water partition coefficient (Wildman–Crippen LogP) is 6.38. The molecule has 0 radical (unpaired) electrons. The molecule has 3 nitrogen and oxygen atoms in total. The van der Waals surface area contributed by atoms with Gasteiger partial charge in [0.2, 0.25) is 0 Å². The molecule has 142 valence electrons. The van der Waals surface area contributed by atoms with Crippen molar-refractivity contribution in [1.29, 1.82) is 0 Å². The van der Waals surface area contributed by atoms with Crippen molar-refractivity contribution in [3.63, 3.8) is 0 Å². The number of rotatable bonds is 5. The van der Waals surface area contributed by atoms with Gasteiger partial charge in [-0.25, -0.2) is 4.98 Å². The Hall–Kier alpha value is -2.72. The first kappa shape index (κ1) is 18.6. The summed E-state index contributed by atoms with van der Waals surface area (Å²) < 4.78 is 0. The van der Waals surface area contributed by atoms with E-state index in [9.17, 15) is 4.79 Å². The zero-order valence-corrected chi connectivity index (χ0v) is 17.3. The number of nitrogens with zero attached hydrogens (tertiary/aromatic N) is 2. The summed E-state index contributed by atoms with van der Waals surface area (Å²) in [7, 11) is 0. The highest BCUT2D eigenvalue weighted by Gasteiger charge is 2.20. The quantitative estimate of drug-likeness (QED) is 0.397. The lowest BCUT2D eigenvalue weighted by Crippen LogP contribution is -2.31. The molecule has 4 rings (SSSR count). The highest BCUT2D eigenvalue weighted by atomic mass is 32.1. The van der Waals surface area contributed by atoms with E-state index in [0.29, 0.717) is 6.54 Å². The van der Waals surface area contributed by atoms with E-state index in [2.05, 4.69) is 69.3 Å². The summed E-state index contributed by atoms with van der Waals surface area (Å²) in [6.07, 6.45) is 1.91. The van der Waals surface area contributed by atoms with Gasteiger partial charge in [0.25, 0.3) is 5.91 Å². The highest BCUT2D eigenvalue weighted by Crippen LogP contribution is 2.30. The number of pyridine rings is 1. The molecule has 0 unspecified atom stereocenters. The maximum absolute atomic E-state index is 13.3. The van der Waals surface area contributed by atoms with Crippen molar-refractivity contribution in [3.05, 3.63) is 70.6 Å². The standard InChI is InChI=1S/C24H24N2OS/c1-4-12-26(20-10-7-17(5-2)8-11-20)24(27)22-15-19-14-18-9-6-16(3)13-21(18)25-23(19)28-22/h6-11,13-15H,4-5,12H2,1-3H3. The summed E-state index contributed by atoms with van der Waals surface area (Å²) in [6, 6.07) is 18.7. The van der Waals surface area contributed by atoms with Crippen LogP contribution in [0.15, 0.2) is 54.6 Å². The van der Waals surface area contributed by atoms with Gasteiger partial charge in [0.1, 0.15) is 4.83 Å². The van der Waals surface area contributed by atoms with E-state index in [-0.39, 0.29) is 5.91 Å². The van der Waals surface area contributed by atoms with Gasteiger partial charge in [-0.3, -0.25) is 4.79 Å². The van der Waals surface area contributed by atoms with Gasteiger partial charge in [-0.1, -0.05) is 38.1 Å². The number of carbonyl (C=O) groups excluding carboxylic acids is 1. The van der Waals surface area contributed by atoms with Crippen molar-refractivity contribution in [3.8, 4) is 0 Å². The third kappa shape index (κ3) is 3.52. The smallest absolute Gasteiger partial charge is 0.268 e. The van der Waals surface area contributed by atoms with Gasteiger partial charge in [0, 0.05) is 23.0 Å². The molecule has 4 aromatic rings. The summed E-state index contributed by atoms with van der Waals surface area (Å²) in [5.74, 6) is 0.0503. The number of hydrogen-bond acceptors (Lipinski definition) is 3. The minimum absolute atomic E-state index is 0.0503. The van der Waals surface area contributed by atoms with Crippen molar-refractivity contribution in [2.24, 2.45) is 0 Å². The fraction of sp³-hybridized carbons (Fsp3) is 0.250. The van der Waals surface area contributed by atoms with E-state index < -0.39 is 0 Å². The Labute approximate surface area is 169 Å². The maximum Gasteiger partial charge on any atom is 0.268 e. The molecule has 0 atom stereocenters. The molecule has 0 bridgehead atoms. The monoisotopic (exact) mass is 388 g/mol. The van der Waals surface area contributed by atoms with Gasteiger partial charge in [-0.2, -0.15) is 0 Å². The lowest BCUT2D eigenvalue weighted by Gasteiger charge is -2.22. The summed E-state index contributed by atoms with van der Waals surface area (Å²) >= 11 is 1.48. The van der Waals surface area contributed by atoms with Crippen LogP contribution in [0.1, 0.15) is 41.1 Å². The lowest BCUT2D eigenvalue weighted by molar-refractivity contribution is 0.0991. The van der Waals surface area contributed by atoms with Gasteiger partial charge < -0.3 is 4.90 Å². The zero-order chi connectivity index (χ0) is 19.7. The Balaban J connectivity index is 1.73. The molecule has 2 heterocycles. The average Bonchev–Trinajstić information content (AvgIpc) is 3.12. The van der Waals surface area contributed by atoms with Crippen LogP contribution in [0.4, 0.5) is 5.69 Å². The van der Waals surface area contributed by atoms with Gasteiger partial charge in [0.15, 0.2) is 0 Å². The molecule has 28 heavy (non-hydrogen) atoms. The summed E-state index contributed by atoms with van der Waals surface area (Å²) in [5.41, 5.74) is 4.40. The second kappa shape index (κ2) is 7.72. The average molecular weight is 389 g/mol. The molecule has 0 fully saturated rings. The number of amides is 1. The minimum atomic E-state index is 0.0503. The molecule has 0 N–H and O–H groups in total. The van der Waals surface area contributed by atoms with E-state index in [1.807, 2.05) is 11.0 Å². The van der Waals surface area contributed by atoms with Crippen molar-refractivity contribution >= 4 is 44.1 Å². The van der Waals surface area contributed by atoms with Crippen LogP contribution in [-0.4, -0.2) is 17.4 Å². The third-order valence-corrected chi connectivity index (χ3v) is 6.05. The molecule has 0 saturated carbocycles. The van der Waals surface area contributed by atoms with Crippen LogP contribution in [0.2, 0.25) is 0 Å². The summed E-state index contributed by atoms with van der Waals surface area (Å²) in [5, 5.41) is 2.14. The lowest BCUT2D eigenvalue weighted by atomic mass is 10.1. The summed E-state index contributed by atoms with van der Waals surface area (Å²) in [4.78, 5) is 21.6. The predicted molar refractivity (Wildman–Crippen MR) is 120 cm³/mol. The van der Waals surface area contributed by atoms with E-state index >= 15 is 0 Å². The highest BCUT2D eigenvalue weighted by molar-refractivity contribution is 7.20. The topological polar surface area (TPSA) is 33.2 Å². The van der Waals surface area contributed by atoms with E-state index in [1.54, 1.807) is 0 Å². The number of aromatic nitrogens is 1. The first-order chi connectivity index (χ1) is 13.6. The molecular formula is C24H24N2OS. The van der Waals surface area contributed by atoms with Crippen molar-refractivity contribution in [1.82, 2.24) is 4.98 Å². The first-order valence-electron chi connectivity index (χ1n) is 9.80. The van der Waals surface area contributed by atoms with Crippen LogP contribution < -0.4 is 4.90 Å². The third-order valence-electron chi connectivity index (χ3n) is 5.02. The van der Waals surface area contributed by atoms with Gasteiger partial charge in [0.05, 0.1) is 10.4 Å². The second-order valence-corrected chi connectivity index (χ2v) is 8.20. The zero-order valence-electron chi connectivity index (χ0n) is 16.5. The molecule has 0 saturated heterocycles. The molecule has 0 aliphatic heterocycles. The molecule has 4 heteroatoms. The van der Waals surface area contributed by atoms with Crippen LogP contribution in [-0.2, 0) is 6.42 Å². The molecule has 0 aliphatic rings. The fourth-order valence-electron chi connectivity index (χ4n) is 3.46. The van der Waals surface area contributed by atoms with Crippen LogP contribution >= 0.6 is 11.3 Å². The number of anilines is 1. The molecule has 2 aromatic carbocycles. The van der Waals surface area contributed by atoms with E-state index in [0.717, 1.165) is 44.5 Å². The molecular weight excluding hydrogens is 364 g/mol. The number of carbonyl (C=O) groups is 1. The van der Waals surface area contributed by atoms with Gasteiger partial charge in [-0.15, -0.1) is 11.3 Å². The Kier molecular flexibility index (Phi) is 5.14. The SMILES string of the molecule is CCCN(C(=O)c1cc2cc3ccc(C)cc3nc2s1)c1ccc(CC)cc1. The number of aryl methyl sites for hydroxylation is 2. The van der Waals surface area contributed by atoms with Crippen LogP contribution in [0.3, 0.4) is 0 Å². The van der Waals surface area contributed by atoms with Crippen LogP contribution in [0.25, 0.3) is 21.1 Å². The first-order valence-corrected chi connectivity index (χ1v) is 10.6. The van der Waals surface area contributed by atoms with Crippen molar-refractivity contribution in [2.75, 3.05) is 11.4 Å².